The molecule has 2 heterocycles. The molecule has 0 atom stereocenters. The van der Waals surface area contributed by atoms with E-state index in [9.17, 15) is 0 Å². The Balaban J connectivity index is 1.50. The second kappa shape index (κ2) is 7.88. The Bertz CT molecular complexity index is 976. The van der Waals surface area contributed by atoms with Gasteiger partial charge in [-0.15, -0.1) is 5.10 Å². The van der Waals surface area contributed by atoms with E-state index in [4.69, 9.17) is 17.3 Å². The molecule has 1 N–H and O–H groups in total. The van der Waals surface area contributed by atoms with Gasteiger partial charge in [0.05, 0.1) is 6.67 Å². The molecular weight excluding hydrogens is 374 g/mol. The lowest BCUT2D eigenvalue weighted by Gasteiger charge is -2.21. The molecule has 3 aromatic rings. The van der Waals surface area contributed by atoms with Crippen LogP contribution in [0.1, 0.15) is 29.5 Å². The standard InChI is InChI=1S/C20H23N5S2/c1-14-4-3-5-18(15(14)2)22-19-23-25(20(26)27-19)13-24(17-6-7-17)12-16-8-10-21-11-9-16/h3-5,8-11,17H,6-7,12-13H2,1-2H3,(H,22,23). The van der Waals surface area contributed by atoms with Crippen LogP contribution < -0.4 is 5.32 Å². The Kier molecular flexibility index (Phi) is 5.33. The van der Waals surface area contributed by atoms with Gasteiger partial charge in [0, 0.05) is 30.7 Å². The first-order valence-corrected chi connectivity index (χ1v) is 10.4. The number of hydrogen-bond acceptors (Lipinski definition) is 6. The minimum atomic E-state index is 0.622. The topological polar surface area (TPSA) is 46.0 Å². The first-order chi connectivity index (χ1) is 13.1. The Morgan fingerprint density at radius 3 is 2.74 bits per heavy atom. The molecule has 0 unspecified atom stereocenters. The summed E-state index contributed by atoms with van der Waals surface area (Å²) < 4.78 is 2.73. The molecule has 0 amide bonds. The average molecular weight is 398 g/mol. The van der Waals surface area contributed by atoms with Crippen LogP contribution in [0.25, 0.3) is 0 Å². The van der Waals surface area contributed by atoms with Gasteiger partial charge in [-0.2, -0.15) is 0 Å². The van der Waals surface area contributed by atoms with E-state index < -0.39 is 0 Å². The molecule has 1 aliphatic carbocycles. The van der Waals surface area contributed by atoms with Crippen molar-refractivity contribution in [2.24, 2.45) is 0 Å². The van der Waals surface area contributed by atoms with Crippen molar-refractivity contribution < 1.29 is 0 Å². The van der Waals surface area contributed by atoms with E-state index in [2.05, 4.69) is 59.4 Å². The van der Waals surface area contributed by atoms with E-state index in [0.717, 1.165) is 28.0 Å². The third-order valence-electron chi connectivity index (χ3n) is 4.97. The van der Waals surface area contributed by atoms with Crippen LogP contribution in [0.5, 0.6) is 0 Å². The lowest BCUT2D eigenvalue weighted by atomic mass is 10.1. The second-order valence-electron chi connectivity index (χ2n) is 7.02. The number of benzene rings is 1. The molecule has 0 bridgehead atoms. The van der Waals surface area contributed by atoms with Crippen molar-refractivity contribution in [1.29, 1.82) is 0 Å². The maximum Gasteiger partial charge on any atom is 0.209 e. The first kappa shape index (κ1) is 18.3. The zero-order chi connectivity index (χ0) is 18.8. The summed E-state index contributed by atoms with van der Waals surface area (Å²) in [6, 6.07) is 11.0. The van der Waals surface area contributed by atoms with Gasteiger partial charge >= 0.3 is 0 Å². The van der Waals surface area contributed by atoms with Gasteiger partial charge in [-0.1, -0.05) is 23.5 Å². The van der Waals surface area contributed by atoms with Crippen molar-refractivity contribution in [3.8, 4) is 0 Å². The number of anilines is 2. The normalized spacial score (nSPS) is 13.9. The molecule has 5 nitrogen and oxygen atoms in total. The van der Waals surface area contributed by atoms with Crippen LogP contribution in [0, 0.1) is 17.8 Å². The van der Waals surface area contributed by atoms with E-state index in [1.807, 2.05) is 17.1 Å². The molecule has 1 aromatic carbocycles. The molecule has 140 valence electrons. The van der Waals surface area contributed by atoms with Crippen molar-refractivity contribution >= 4 is 34.4 Å². The van der Waals surface area contributed by atoms with Gasteiger partial charge in [0.15, 0.2) is 3.95 Å². The van der Waals surface area contributed by atoms with Crippen molar-refractivity contribution in [3.05, 3.63) is 63.4 Å². The minimum absolute atomic E-state index is 0.622. The zero-order valence-electron chi connectivity index (χ0n) is 15.6. The highest BCUT2D eigenvalue weighted by atomic mass is 32.1. The molecule has 0 spiro atoms. The van der Waals surface area contributed by atoms with Crippen molar-refractivity contribution in [1.82, 2.24) is 19.7 Å². The predicted molar refractivity (Wildman–Crippen MR) is 113 cm³/mol. The molecular formula is C20H23N5S2. The number of pyridine rings is 1. The average Bonchev–Trinajstić information content (AvgIpc) is 3.45. The maximum absolute atomic E-state index is 5.58. The summed E-state index contributed by atoms with van der Waals surface area (Å²) in [5.41, 5.74) is 4.86. The van der Waals surface area contributed by atoms with Crippen LogP contribution in [-0.2, 0) is 13.2 Å². The van der Waals surface area contributed by atoms with Crippen LogP contribution in [0.3, 0.4) is 0 Å². The highest BCUT2D eigenvalue weighted by Gasteiger charge is 2.29. The molecule has 1 aliphatic rings. The summed E-state index contributed by atoms with van der Waals surface area (Å²) in [4.78, 5) is 6.56. The summed E-state index contributed by atoms with van der Waals surface area (Å²) in [6.45, 7) is 5.86. The summed E-state index contributed by atoms with van der Waals surface area (Å²) in [5.74, 6) is 0. The van der Waals surface area contributed by atoms with Crippen LogP contribution in [0.4, 0.5) is 10.8 Å². The maximum atomic E-state index is 5.58. The van der Waals surface area contributed by atoms with Gasteiger partial charge in [0.25, 0.3) is 0 Å². The summed E-state index contributed by atoms with van der Waals surface area (Å²) in [6.07, 6.45) is 6.19. The Morgan fingerprint density at radius 2 is 2.00 bits per heavy atom. The van der Waals surface area contributed by atoms with Gasteiger partial charge in [-0.25, -0.2) is 4.68 Å². The number of aromatic nitrogens is 3. The van der Waals surface area contributed by atoms with Crippen molar-refractivity contribution in [2.45, 2.75) is 45.9 Å². The van der Waals surface area contributed by atoms with E-state index in [-0.39, 0.29) is 0 Å². The number of nitrogens with one attached hydrogen (secondary N) is 1. The highest BCUT2D eigenvalue weighted by molar-refractivity contribution is 7.73. The largest absolute Gasteiger partial charge is 0.330 e. The number of aryl methyl sites for hydroxylation is 1. The molecule has 2 aromatic heterocycles. The summed E-state index contributed by atoms with van der Waals surface area (Å²) in [5, 5.41) is 9.01. The lowest BCUT2D eigenvalue weighted by molar-refractivity contribution is 0.187. The lowest BCUT2D eigenvalue weighted by Crippen LogP contribution is -2.28. The third-order valence-corrected chi connectivity index (χ3v) is 6.19. The summed E-state index contributed by atoms with van der Waals surface area (Å²) >= 11 is 7.10. The zero-order valence-corrected chi connectivity index (χ0v) is 17.2. The van der Waals surface area contributed by atoms with Gasteiger partial charge < -0.3 is 5.32 Å². The molecule has 27 heavy (non-hydrogen) atoms. The van der Waals surface area contributed by atoms with Crippen LogP contribution in [0.2, 0.25) is 0 Å². The van der Waals surface area contributed by atoms with Gasteiger partial charge in [-0.05, 0) is 73.8 Å². The number of nitrogens with zero attached hydrogens (tertiary/aromatic N) is 4. The third kappa shape index (κ3) is 4.43. The fourth-order valence-electron chi connectivity index (χ4n) is 3.08. The SMILES string of the molecule is Cc1cccc(Nc2nn(CN(Cc3ccncc3)C3CC3)c(=S)s2)c1C. The fourth-order valence-corrected chi connectivity index (χ4v) is 4.08. The second-order valence-corrected chi connectivity index (χ2v) is 8.64. The van der Waals surface area contributed by atoms with Gasteiger partial charge in [0.2, 0.25) is 5.13 Å². The van der Waals surface area contributed by atoms with Crippen LogP contribution in [-0.4, -0.2) is 25.7 Å². The van der Waals surface area contributed by atoms with E-state index >= 15 is 0 Å². The van der Waals surface area contributed by atoms with Crippen molar-refractivity contribution in [2.75, 3.05) is 5.32 Å². The molecule has 1 saturated carbocycles. The summed E-state index contributed by atoms with van der Waals surface area (Å²) in [7, 11) is 0. The minimum Gasteiger partial charge on any atom is -0.330 e. The molecule has 7 heteroatoms. The van der Waals surface area contributed by atoms with Crippen molar-refractivity contribution in [3.63, 3.8) is 0 Å². The van der Waals surface area contributed by atoms with Crippen LogP contribution in [0.15, 0.2) is 42.7 Å². The molecule has 0 radical (unpaired) electrons. The molecule has 4 rings (SSSR count). The van der Waals surface area contributed by atoms with E-state index in [1.54, 1.807) is 0 Å². The Morgan fingerprint density at radius 1 is 1.22 bits per heavy atom. The Hall–Kier alpha value is -2.09. The van der Waals surface area contributed by atoms with Gasteiger partial charge in [0.1, 0.15) is 0 Å². The molecule has 0 saturated heterocycles. The Labute approximate surface area is 168 Å². The van der Waals surface area contributed by atoms with Crippen LogP contribution >= 0.6 is 23.6 Å². The quantitative estimate of drug-likeness (QED) is 0.565. The monoisotopic (exact) mass is 397 g/mol. The predicted octanol–water partition coefficient (Wildman–Crippen LogP) is 5.05. The molecule has 0 aliphatic heterocycles. The number of rotatable bonds is 7. The number of hydrogen-bond donors (Lipinski definition) is 1. The van der Waals surface area contributed by atoms with Gasteiger partial charge in [-0.3, -0.25) is 9.88 Å². The highest BCUT2D eigenvalue weighted by Crippen LogP contribution is 2.30. The first-order valence-electron chi connectivity index (χ1n) is 9.14. The van der Waals surface area contributed by atoms with E-state index in [0.29, 0.717) is 6.04 Å². The smallest absolute Gasteiger partial charge is 0.209 e. The van der Waals surface area contributed by atoms with E-state index in [1.165, 1.54) is 40.9 Å². The fraction of sp³-hybridized carbons (Fsp3) is 0.350. The molecule has 1 fully saturated rings.